The minimum absolute atomic E-state index is 0. The van der Waals surface area contributed by atoms with Crippen LogP contribution in [0.25, 0.3) is 0 Å². The smallest absolute Gasteiger partial charge is 0.188 e. The highest BCUT2D eigenvalue weighted by atomic mass is 127. The van der Waals surface area contributed by atoms with Crippen LogP contribution in [0.5, 0.6) is 5.75 Å². The fourth-order valence-corrected chi connectivity index (χ4v) is 1.78. The highest BCUT2D eigenvalue weighted by Crippen LogP contribution is 2.14. The number of hydrogen-bond acceptors (Lipinski definition) is 3. The third kappa shape index (κ3) is 9.83. The predicted octanol–water partition coefficient (Wildman–Crippen LogP) is 2.71. The molecule has 0 spiro atoms. The van der Waals surface area contributed by atoms with E-state index < -0.39 is 0 Å². The molecule has 1 aromatic rings. The number of hydrogen-bond donors (Lipinski definition) is 2. The molecule has 0 heterocycles. The van der Waals surface area contributed by atoms with E-state index in [-0.39, 0.29) is 30.1 Å². The summed E-state index contributed by atoms with van der Waals surface area (Å²) in [5.74, 6) is 1.31. The Morgan fingerprint density at radius 1 is 1.41 bits per heavy atom. The second-order valence-electron chi connectivity index (χ2n) is 4.95. The van der Waals surface area contributed by atoms with E-state index in [9.17, 15) is 0 Å². The normalized spacial score (nSPS) is 12.4. The van der Waals surface area contributed by atoms with Crippen molar-refractivity contribution in [1.82, 2.24) is 5.32 Å². The maximum absolute atomic E-state index is 5.80. The first-order valence-corrected chi connectivity index (χ1v) is 7.46. The lowest BCUT2D eigenvalue weighted by molar-refractivity contribution is 0.145. The van der Waals surface area contributed by atoms with Crippen LogP contribution in [0.2, 0.25) is 0 Å². The largest absolute Gasteiger partial charge is 0.489 e. The van der Waals surface area contributed by atoms with Crippen LogP contribution in [0.4, 0.5) is 0 Å². The number of aryl methyl sites for hydroxylation is 1. The summed E-state index contributed by atoms with van der Waals surface area (Å²) < 4.78 is 11.0. The zero-order valence-corrected chi connectivity index (χ0v) is 16.0. The summed E-state index contributed by atoms with van der Waals surface area (Å²) in [4.78, 5) is 4.28. The first-order chi connectivity index (χ1) is 10.1. The maximum Gasteiger partial charge on any atom is 0.188 e. The standard InChI is InChI=1S/C16H27N3O2.HI/c1-4-20-10-6-9-18-16(17)19-12-14(3)21-15-8-5-7-13(2)11-15;/h5,7-8,11,14H,4,6,9-10,12H2,1-3H3,(H3,17,18,19);1H. The van der Waals surface area contributed by atoms with E-state index in [2.05, 4.69) is 10.3 Å². The number of ether oxygens (including phenoxy) is 2. The van der Waals surface area contributed by atoms with E-state index in [1.54, 1.807) is 0 Å². The Kier molecular flexibility index (Phi) is 11.9. The SMILES string of the molecule is CCOCCCNC(N)=NCC(C)Oc1cccc(C)c1.I. The number of guanidine groups is 1. The Morgan fingerprint density at radius 3 is 2.86 bits per heavy atom. The zero-order chi connectivity index (χ0) is 15.5. The molecule has 0 aliphatic heterocycles. The Bertz CT molecular complexity index is 441. The summed E-state index contributed by atoms with van der Waals surface area (Å²) in [6, 6.07) is 7.98. The minimum Gasteiger partial charge on any atom is -0.489 e. The van der Waals surface area contributed by atoms with Crippen molar-refractivity contribution in [3.05, 3.63) is 29.8 Å². The van der Waals surface area contributed by atoms with E-state index in [1.165, 1.54) is 5.56 Å². The summed E-state index contributed by atoms with van der Waals surface area (Å²) >= 11 is 0. The summed E-state index contributed by atoms with van der Waals surface area (Å²) in [6.07, 6.45) is 0.898. The van der Waals surface area contributed by atoms with Crippen LogP contribution < -0.4 is 15.8 Å². The van der Waals surface area contributed by atoms with Crippen LogP contribution in [-0.4, -0.2) is 38.4 Å². The van der Waals surface area contributed by atoms with Crippen molar-refractivity contribution in [2.45, 2.75) is 33.3 Å². The van der Waals surface area contributed by atoms with Crippen molar-refractivity contribution in [2.24, 2.45) is 10.7 Å². The van der Waals surface area contributed by atoms with Crippen molar-refractivity contribution in [3.8, 4) is 5.75 Å². The number of benzene rings is 1. The van der Waals surface area contributed by atoms with Gasteiger partial charge in [0, 0.05) is 19.8 Å². The molecule has 126 valence electrons. The van der Waals surface area contributed by atoms with Gasteiger partial charge in [-0.05, 0) is 44.9 Å². The van der Waals surface area contributed by atoms with Crippen molar-refractivity contribution < 1.29 is 9.47 Å². The first-order valence-electron chi connectivity index (χ1n) is 7.46. The molecule has 0 saturated heterocycles. The number of nitrogens with zero attached hydrogens (tertiary/aromatic N) is 1. The molecular formula is C16H28IN3O2. The first kappa shape index (κ1) is 21.0. The van der Waals surface area contributed by atoms with Gasteiger partial charge in [0.05, 0.1) is 6.54 Å². The van der Waals surface area contributed by atoms with Crippen LogP contribution in [0, 0.1) is 6.92 Å². The Hall–Kier alpha value is -1.02. The molecule has 1 atom stereocenters. The summed E-state index contributed by atoms with van der Waals surface area (Å²) in [6.45, 7) is 8.79. The van der Waals surface area contributed by atoms with Crippen LogP contribution in [0.15, 0.2) is 29.3 Å². The van der Waals surface area contributed by atoms with E-state index in [0.29, 0.717) is 12.5 Å². The molecule has 0 amide bonds. The van der Waals surface area contributed by atoms with E-state index in [0.717, 1.165) is 31.9 Å². The summed E-state index contributed by atoms with van der Waals surface area (Å²) in [7, 11) is 0. The van der Waals surface area contributed by atoms with E-state index in [4.69, 9.17) is 15.2 Å². The van der Waals surface area contributed by atoms with E-state index >= 15 is 0 Å². The molecule has 1 aromatic carbocycles. The van der Waals surface area contributed by atoms with Crippen LogP contribution >= 0.6 is 24.0 Å². The fourth-order valence-electron chi connectivity index (χ4n) is 1.78. The number of aliphatic imine (C=N–C) groups is 1. The molecule has 0 fully saturated rings. The molecule has 1 rings (SSSR count). The molecule has 3 N–H and O–H groups in total. The van der Waals surface area contributed by atoms with E-state index in [1.807, 2.05) is 45.0 Å². The molecule has 0 saturated carbocycles. The van der Waals surface area contributed by atoms with Gasteiger partial charge in [-0.15, -0.1) is 24.0 Å². The third-order valence-electron chi connectivity index (χ3n) is 2.82. The van der Waals surface area contributed by atoms with Crippen LogP contribution in [0.3, 0.4) is 0 Å². The second kappa shape index (κ2) is 12.5. The molecule has 0 aliphatic rings. The topological polar surface area (TPSA) is 68.9 Å². The molecular weight excluding hydrogens is 393 g/mol. The summed E-state index contributed by atoms with van der Waals surface area (Å²) in [5.41, 5.74) is 6.98. The molecule has 6 heteroatoms. The van der Waals surface area contributed by atoms with Gasteiger partial charge < -0.3 is 20.5 Å². The number of halogens is 1. The average Bonchev–Trinajstić information content (AvgIpc) is 2.45. The van der Waals surface area contributed by atoms with Crippen LogP contribution in [-0.2, 0) is 4.74 Å². The van der Waals surface area contributed by atoms with Gasteiger partial charge in [-0.1, -0.05) is 12.1 Å². The highest BCUT2D eigenvalue weighted by molar-refractivity contribution is 14.0. The molecule has 0 bridgehead atoms. The van der Waals surface area contributed by atoms with Gasteiger partial charge in [0.2, 0.25) is 0 Å². The monoisotopic (exact) mass is 421 g/mol. The van der Waals surface area contributed by atoms with Gasteiger partial charge in [0.1, 0.15) is 11.9 Å². The fraction of sp³-hybridized carbons (Fsp3) is 0.562. The molecule has 1 unspecified atom stereocenters. The Labute approximate surface area is 150 Å². The molecule has 0 radical (unpaired) electrons. The van der Waals surface area contributed by atoms with Crippen molar-refractivity contribution >= 4 is 29.9 Å². The van der Waals surface area contributed by atoms with Gasteiger partial charge in [0.15, 0.2) is 5.96 Å². The lowest BCUT2D eigenvalue weighted by Gasteiger charge is -2.13. The van der Waals surface area contributed by atoms with Gasteiger partial charge in [-0.3, -0.25) is 0 Å². The van der Waals surface area contributed by atoms with Crippen molar-refractivity contribution in [1.29, 1.82) is 0 Å². The lowest BCUT2D eigenvalue weighted by Crippen LogP contribution is -2.34. The number of nitrogens with one attached hydrogen (secondary N) is 1. The maximum atomic E-state index is 5.80. The highest BCUT2D eigenvalue weighted by Gasteiger charge is 2.03. The molecule has 5 nitrogen and oxygen atoms in total. The second-order valence-corrected chi connectivity index (χ2v) is 4.95. The minimum atomic E-state index is -0.0180. The zero-order valence-electron chi connectivity index (χ0n) is 13.7. The third-order valence-corrected chi connectivity index (χ3v) is 2.82. The Morgan fingerprint density at radius 2 is 2.18 bits per heavy atom. The number of nitrogens with two attached hydrogens (primary N) is 1. The van der Waals surface area contributed by atoms with Crippen molar-refractivity contribution in [2.75, 3.05) is 26.3 Å². The quantitative estimate of drug-likeness (QED) is 0.279. The molecule has 0 aromatic heterocycles. The molecule has 0 aliphatic carbocycles. The van der Waals surface area contributed by atoms with Gasteiger partial charge in [-0.25, -0.2) is 4.99 Å². The predicted molar refractivity (Wildman–Crippen MR) is 102 cm³/mol. The van der Waals surface area contributed by atoms with Crippen LogP contribution in [0.1, 0.15) is 25.8 Å². The number of rotatable bonds is 9. The Balaban J connectivity index is 0.00000441. The van der Waals surface area contributed by atoms with Gasteiger partial charge >= 0.3 is 0 Å². The van der Waals surface area contributed by atoms with Gasteiger partial charge in [-0.2, -0.15) is 0 Å². The summed E-state index contributed by atoms with van der Waals surface area (Å²) in [5, 5.41) is 3.06. The molecule has 22 heavy (non-hydrogen) atoms. The lowest BCUT2D eigenvalue weighted by atomic mass is 10.2. The average molecular weight is 421 g/mol. The van der Waals surface area contributed by atoms with Crippen molar-refractivity contribution in [3.63, 3.8) is 0 Å². The van der Waals surface area contributed by atoms with Gasteiger partial charge in [0.25, 0.3) is 0 Å².